The summed E-state index contributed by atoms with van der Waals surface area (Å²) < 4.78 is 25.5. The fourth-order valence-electron chi connectivity index (χ4n) is 4.92. The van der Waals surface area contributed by atoms with E-state index in [-0.39, 0.29) is 24.5 Å². The molecule has 0 aromatic carbocycles. The number of aromatic nitrogens is 3. The van der Waals surface area contributed by atoms with Crippen LogP contribution in [-0.2, 0) is 32.5 Å². The van der Waals surface area contributed by atoms with Gasteiger partial charge in [-0.2, -0.15) is 0 Å². The molecule has 2 aromatic heterocycles. The molecule has 42 heavy (non-hydrogen) atoms. The predicted octanol–water partition coefficient (Wildman–Crippen LogP) is 5.35. The minimum absolute atomic E-state index is 0.0345. The number of anilines is 2. The molecule has 10 heteroatoms. The number of esters is 1. The highest BCUT2D eigenvalue weighted by molar-refractivity contribution is 5.79. The van der Waals surface area contributed by atoms with Gasteiger partial charge in [-0.3, -0.25) is 0 Å². The second kappa shape index (κ2) is 15.6. The van der Waals surface area contributed by atoms with Gasteiger partial charge in [-0.25, -0.2) is 24.1 Å². The van der Waals surface area contributed by atoms with Gasteiger partial charge in [-0.05, 0) is 77.5 Å². The molecule has 1 aliphatic heterocycles. The highest BCUT2D eigenvalue weighted by Gasteiger charge is 2.27. The molecule has 9 nitrogen and oxygen atoms in total. The number of unbranched alkanes of at least 4 members (excludes halogenated alkanes) is 1. The third-order valence-electron chi connectivity index (χ3n) is 7.10. The number of pyridine rings is 1. The van der Waals surface area contributed by atoms with Crippen LogP contribution in [0.3, 0.4) is 0 Å². The Hall–Kier alpha value is -2.85. The van der Waals surface area contributed by atoms with Crippen molar-refractivity contribution in [3.05, 3.63) is 41.5 Å². The van der Waals surface area contributed by atoms with Crippen molar-refractivity contribution >= 4 is 17.6 Å². The number of hydrogen-bond donors (Lipinski definition) is 2. The van der Waals surface area contributed by atoms with E-state index in [1.54, 1.807) is 0 Å². The van der Waals surface area contributed by atoms with Crippen LogP contribution in [0.2, 0.25) is 0 Å². The highest BCUT2D eigenvalue weighted by atomic mass is 19.1. The lowest BCUT2D eigenvalue weighted by molar-refractivity contribution is -0.156. The molecule has 0 saturated heterocycles. The first kappa shape index (κ1) is 33.6. The van der Waals surface area contributed by atoms with Crippen molar-refractivity contribution in [1.29, 1.82) is 0 Å². The van der Waals surface area contributed by atoms with Gasteiger partial charge < -0.3 is 25.0 Å². The average molecular weight is 587 g/mol. The number of carbonyl (C=O) groups is 1. The van der Waals surface area contributed by atoms with Crippen LogP contribution < -0.4 is 10.6 Å². The van der Waals surface area contributed by atoms with E-state index in [0.717, 1.165) is 55.9 Å². The first-order chi connectivity index (χ1) is 19.8. The molecule has 0 amide bonds. The number of ether oxygens (including phenoxy) is 2. The van der Waals surface area contributed by atoms with Gasteiger partial charge in [0.25, 0.3) is 0 Å². The molecule has 0 fully saturated rings. The largest absolute Gasteiger partial charge is 0.458 e. The molecule has 0 radical (unpaired) electrons. The molecule has 0 spiro atoms. The van der Waals surface area contributed by atoms with E-state index in [1.807, 2.05) is 26.8 Å². The van der Waals surface area contributed by atoms with E-state index in [4.69, 9.17) is 14.5 Å². The van der Waals surface area contributed by atoms with E-state index in [9.17, 15) is 9.18 Å². The number of alkyl halides is 1. The zero-order valence-electron chi connectivity index (χ0n) is 26.6. The number of carbonyl (C=O) groups excluding carboxylic acids is 1. The summed E-state index contributed by atoms with van der Waals surface area (Å²) in [7, 11) is 1.51. The van der Waals surface area contributed by atoms with Crippen LogP contribution in [0.15, 0.2) is 24.5 Å². The Morgan fingerprint density at radius 1 is 1.14 bits per heavy atom. The van der Waals surface area contributed by atoms with Gasteiger partial charge >= 0.3 is 5.97 Å². The van der Waals surface area contributed by atoms with Gasteiger partial charge in [-0.15, -0.1) is 0 Å². The van der Waals surface area contributed by atoms with Gasteiger partial charge in [0, 0.05) is 43.9 Å². The summed E-state index contributed by atoms with van der Waals surface area (Å²) in [5, 5.41) is 6.68. The quantitative estimate of drug-likeness (QED) is 0.211. The monoisotopic (exact) mass is 586 g/mol. The Kier molecular flexibility index (Phi) is 12.5. The van der Waals surface area contributed by atoms with Crippen molar-refractivity contribution in [1.82, 2.24) is 19.9 Å². The Morgan fingerprint density at radius 2 is 1.93 bits per heavy atom. The van der Waals surface area contributed by atoms with Gasteiger partial charge in [0.05, 0.1) is 12.3 Å². The number of hydrogen-bond acceptors (Lipinski definition) is 9. The average Bonchev–Trinajstić information content (AvgIpc) is 2.91. The van der Waals surface area contributed by atoms with Gasteiger partial charge in [0.1, 0.15) is 35.8 Å². The normalized spacial score (nSPS) is 15.1. The topological polar surface area (TPSA) is 102 Å². The number of fused-ring (bicyclic) bond motifs is 1. The molecule has 2 aromatic rings. The van der Waals surface area contributed by atoms with E-state index >= 15 is 0 Å². The molecular weight excluding hydrogens is 535 g/mol. The summed E-state index contributed by atoms with van der Waals surface area (Å²) in [5.74, 6) is 1.21. The van der Waals surface area contributed by atoms with Crippen molar-refractivity contribution < 1.29 is 18.7 Å². The maximum atomic E-state index is 14.7. The van der Waals surface area contributed by atoms with E-state index in [2.05, 4.69) is 58.4 Å². The van der Waals surface area contributed by atoms with Crippen LogP contribution in [0.4, 0.5) is 16.0 Å². The third-order valence-corrected chi connectivity index (χ3v) is 7.10. The molecular formula is C32H51FN6O3. The molecule has 2 N–H and O–H groups in total. The molecule has 0 saturated carbocycles. The molecule has 0 bridgehead atoms. The third kappa shape index (κ3) is 11.4. The molecule has 2 atom stereocenters. The van der Waals surface area contributed by atoms with Crippen LogP contribution in [0.5, 0.6) is 0 Å². The van der Waals surface area contributed by atoms with Crippen molar-refractivity contribution in [3.63, 3.8) is 0 Å². The Morgan fingerprint density at radius 3 is 2.64 bits per heavy atom. The van der Waals surface area contributed by atoms with Gasteiger partial charge in [-0.1, -0.05) is 26.8 Å². The number of methoxy groups -OCH3 is 1. The second-order valence-electron chi connectivity index (χ2n) is 13.2. The van der Waals surface area contributed by atoms with E-state index < -0.39 is 17.8 Å². The lowest BCUT2D eigenvalue weighted by atomic mass is 9.92. The highest BCUT2D eigenvalue weighted by Crippen LogP contribution is 2.23. The predicted molar refractivity (Wildman–Crippen MR) is 166 cm³/mol. The van der Waals surface area contributed by atoms with Gasteiger partial charge in [0.2, 0.25) is 0 Å². The smallest absolute Gasteiger partial charge is 0.329 e. The maximum Gasteiger partial charge on any atom is 0.329 e. The van der Waals surface area contributed by atoms with E-state index in [1.165, 1.54) is 19.0 Å². The van der Waals surface area contributed by atoms with Crippen molar-refractivity contribution in [2.45, 2.75) is 103 Å². The van der Waals surface area contributed by atoms with Crippen molar-refractivity contribution in [3.8, 4) is 0 Å². The Bertz CT molecular complexity index is 1130. The maximum absolute atomic E-state index is 14.7. The summed E-state index contributed by atoms with van der Waals surface area (Å²) in [6.45, 7) is 14.2. The van der Waals surface area contributed by atoms with Crippen LogP contribution >= 0.6 is 0 Å². The first-order valence-corrected chi connectivity index (χ1v) is 15.2. The van der Waals surface area contributed by atoms with Crippen molar-refractivity contribution in [2.24, 2.45) is 0 Å². The number of nitrogens with one attached hydrogen (secondary N) is 2. The standard InChI is InChI=1S/C32H51FN6O3/c1-31(2,3)27-19-28(36-22-35-27)38-26(30(40)42-32(4,5)6)15-18-39(20-24(33)21-41-7)17-9-8-12-25-14-13-23-11-10-16-34-29(23)37-25/h13-14,19,22,24,26H,8-12,15-18,20-21H2,1-7H3,(H,34,37)(H,35,36,38). The number of aryl methyl sites for hydroxylation is 2. The summed E-state index contributed by atoms with van der Waals surface area (Å²) in [4.78, 5) is 28.9. The van der Waals surface area contributed by atoms with Crippen LogP contribution in [0, 0.1) is 0 Å². The van der Waals surface area contributed by atoms with Gasteiger partial charge in [0.15, 0.2) is 0 Å². The molecule has 1 aliphatic rings. The van der Waals surface area contributed by atoms with Crippen LogP contribution in [-0.4, -0.2) is 83.5 Å². The van der Waals surface area contributed by atoms with E-state index in [0.29, 0.717) is 25.3 Å². The second-order valence-corrected chi connectivity index (χ2v) is 13.2. The summed E-state index contributed by atoms with van der Waals surface area (Å²) in [6, 6.07) is 5.52. The number of rotatable bonds is 15. The SMILES string of the molecule is COCC(F)CN(CCCCc1ccc2c(n1)NCCC2)CCC(Nc1cc(C(C)(C)C)ncn1)C(=O)OC(C)(C)C. The minimum Gasteiger partial charge on any atom is -0.458 e. The molecule has 234 valence electrons. The summed E-state index contributed by atoms with van der Waals surface area (Å²) in [5.41, 5.74) is 2.43. The Labute approximate surface area is 251 Å². The zero-order chi connectivity index (χ0) is 30.8. The number of halogens is 1. The minimum atomic E-state index is -1.12. The Balaban J connectivity index is 1.64. The zero-order valence-corrected chi connectivity index (χ0v) is 26.6. The summed E-state index contributed by atoms with van der Waals surface area (Å²) >= 11 is 0. The molecule has 3 rings (SSSR count). The molecule has 2 unspecified atom stereocenters. The van der Waals surface area contributed by atoms with Crippen LogP contribution in [0.25, 0.3) is 0 Å². The fraction of sp³-hybridized carbons (Fsp3) is 0.688. The first-order valence-electron chi connectivity index (χ1n) is 15.2. The molecule has 0 aliphatic carbocycles. The fourth-order valence-corrected chi connectivity index (χ4v) is 4.92. The lowest BCUT2D eigenvalue weighted by Gasteiger charge is -2.28. The van der Waals surface area contributed by atoms with Crippen LogP contribution in [0.1, 0.15) is 84.2 Å². The number of nitrogens with zero attached hydrogens (tertiary/aromatic N) is 4. The summed E-state index contributed by atoms with van der Waals surface area (Å²) in [6.07, 6.45) is 5.73. The molecule has 3 heterocycles. The van der Waals surface area contributed by atoms with Crippen molar-refractivity contribution in [2.75, 3.05) is 50.5 Å². The lowest BCUT2D eigenvalue weighted by Crippen LogP contribution is -2.41.